The molecule has 5 heteroatoms. The fourth-order valence-electron chi connectivity index (χ4n) is 2.34. The quantitative estimate of drug-likeness (QED) is 0.893. The third-order valence-corrected chi connectivity index (χ3v) is 3.77. The molecule has 0 saturated heterocycles. The number of rotatable bonds is 3. The van der Waals surface area contributed by atoms with Gasteiger partial charge in [-0.1, -0.05) is 28.8 Å². The number of nitrogens with one attached hydrogen (secondary N) is 2. The van der Waals surface area contributed by atoms with Crippen molar-refractivity contribution in [1.29, 1.82) is 0 Å². The van der Waals surface area contributed by atoms with E-state index in [1.165, 1.54) is 6.92 Å². The first-order valence-electron chi connectivity index (χ1n) is 6.44. The van der Waals surface area contributed by atoms with Crippen molar-refractivity contribution in [2.45, 2.75) is 32.6 Å². The van der Waals surface area contributed by atoms with E-state index in [0.717, 1.165) is 30.2 Å². The highest BCUT2D eigenvalue weighted by molar-refractivity contribution is 9.10. The van der Waals surface area contributed by atoms with Crippen LogP contribution in [0.3, 0.4) is 0 Å². The van der Waals surface area contributed by atoms with E-state index < -0.39 is 0 Å². The summed E-state index contributed by atoms with van der Waals surface area (Å²) in [6.45, 7) is 1.45. The summed E-state index contributed by atoms with van der Waals surface area (Å²) in [5, 5.41) is 5.64. The molecule has 0 heterocycles. The first kappa shape index (κ1) is 14.1. The molecule has 0 atom stereocenters. The summed E-state index contributed by atoms with van der Waals surface area (Å²) in [4.78, 5) is 23.3. The van der Waals surface area contributed by atoms with Crippen molar-refractivity contribution < 1.29 is 9.59 Å². The summed E-state index contributed by atoms with van der Waals surface area (Å²) in [7, 11) is 0. The fourth-order valence-corrected chi connectivity index (χ4v) is 2.70. The second kappa shape index (κ2) is 6.19. The molecule has 4 nitrogen and oxygen atoms in total. The molecule has 0 radical (unpaired) electrons. The van der Waals surface area contributed by atoms with Gasteiger partial charge in [0.1, 0.15) is 0 Å². The molecule has 1 aromatic rings. The summed E-state index contributed by atoms with van der Waals surface area (Å²) in [6, 6.07) is 5.41. The highest BCUT2D eigenvalue weighted by atomic mass is 79.9. The van der Waals surface area contributed by atoms with Gasteiger partial charge in [-0.25, -0.2) is 0 Å². The van der Waals surface area contributed by atoms with Crippen molar-refractivity contribution in [2.75, 3.05) is 10.6 Å². The summed E-state index contributed by atoms with van der Waals surface area (Å²) in [6.07, 6.45) is 4.15. The average Bonchev–Trinajstić information content (AvgIpc) is 2.86. The van der Waals surface area contributed by atoms with Crippen molar-refractivity contribution in [3.05, 3.63) is 22.7 Å². The molecular weight excluding hydrogens is 308 g/mol. The molecule has 102 valence electrons. The lowest BCUT2D eigenvalue weighted by Gasteiger charge is -2.14. The molecule has 2 rings (SSSR count). The predicted octanol–water partition coefficient (Wildman–Crippen LogP) is 3.54. The van der Waals surface area contributed by atoms with E-state index >= 15 is 0 Å². The van der Waals surface area contributed by atoms with Crippen LogP contribution >= 0.6 is 15.9 Å². The van der Waals surface area contributed by atoms with E-state index in [2.05, 4.69) is 26.6 Å². The lowest BCUT2D eigenvalue weighted by Crippen LogP contribution is -2.21. The van der Waals surface area contributed by atoms with Crippen LogP contribution in [-0.2, 0) is 9.59 Å². The smallest absolute Gasteiger partial charge is 0.227 e. The van der Waals surface area contributed by atoms with Gasteiger partial charge in [0.2, 0.25) is 11.8 Å². The summed E-state index contributed by atoms with van der Waals surface area (Å²) < 4.78 is 0.864. The van der Waals surface area contributed by atoms with Crippen LogP contribution in [0, 0.1) is 5.92 Å². The SMILES string of the molecule is CC(=O)Nc1ccc(Br)cc1NC(=O)C1CCCC1. The topological polar surface area (TPSA) is 58.2 Å². The van der Waals surface area contributed by atoms with Gasteiger partial charge in [-0.15, -0.1) is 0 Å². The largest absolute Gasteiger partial charge is 0.325 e. The van der Waals surface area contributed by atoms with Crippen molar-refractivity contribution in [2.24, 2.45) is 5.92 Å². The van der Waals surface area contributed by atoms with Crippen LogP contribution < -0.4 is 10.6 Å². The maximum Gasteiger partial charge on any atom is 0.227 e. The number of halogens is 1. The van der Waals surface area contributed by atoms with Crippen LogP contribution in [0.5, 0.6) is 0 Å². The zero-order chi connectivity index (χ0) is 13.8. The monoisotopic (exact) mass is 324 g/mol. The van der Waals surface area contributed by atoms with Crippen molar-refractivity contribution >= 4 is 39.1 Å². The normalized spacial score (nSPS) is 15.3. The third kappa shape index (κ3) is 3.80. The van der Waals surface area contributed by atoms with Crippen molar-refractivity contribution in [3.63, 3.8) is 0 Å². The first-order valence-corrected chi connectivity index (χ1v) is 7.23. The number of anilines is 2. The number of amides is 2. The Kier molecular flexibility index (Phi) is 4.58. The van der Waals surface area contributed by atoms with Gasteiger partial charge in [0, 0.05) is 17.3 Å². The lowest BCUT2D eigenvalue weighted by atomic mass is 10.1. The molecule has 2 amide bonds. The lowest BCUT2D eigenvalue weighted by molar-refractivity contribution is -0.119. The molecule has 0 unspecified atom stereocenters. The molecule has 1 aromatic carbocycles. The number of hydrogen-bond donors (Lipinski definition) is 2. The Balaban J connectivity index is 2.15. The Morgan fingerprint density at radius 3 is 2.47 bits per heavy atom. The minimum atomic E-state index is -0.154. The molecule has 0 spiro atoms. The minimum absolute atomic E-state index is 0.0437. The molecular formula is C14H17BrN2O2. The second-order valence-corrected chi connectivity index (χ2v) is 5.76. The Hall–Kier alpha value is -1.36. The zero-order valence-corrected chi connectivity index (χ0v) is 12.4. The van der Waals surface area contributed by atoms with E-state index in [4.69, 9.17) is 0 Å². The van der Waals surface area contributed by atoms with E-state index in [9.17, 15) is 9.59 Å². The van der Waals surface area contributed by atoms with Crippen LogP contribution in [0.4, 0.5) is 11.4 Å². The van der Waals surface area contributed by atoms with E-state index in [-0.39, 0.29) is 17.7 Å². The van der Waals surface area contributed by atoms with Crippen LogP contribution in [-0.4, -0.2) is 11.8 Å². The average molecular weight is 325 g/mol. The molecule has 1 aliphatic rings. The van der Waals surface area contributed by atoms with Gasteiger partial charge in [-0.3, -0.25) is 9.59 Å². The van der Waals surface area contributed by atoms with Gasteiger partial charge in [-0.05, 0) is 31.0 Å². The molecule has 1 fully saturated rings. The second-order valence-electron chi connectivity index (χ2n) is 4.84. The Morgan fingerprint density at radius 2 is 1.84 bits per heavy atom. The molecule has 19 heavy (non-hydrogen) atoms. The highest BCUT2D eigenvalue weighted by Crippen LogP contribution is 2.30. The van der Waals surface area contributed by atoms with Gasteiger partial charge in [-0.2, -0.15) is 0 Å². The summed E-state index contributed by atoms with van der Waals surface area (Å²) >= 11 is 3.37. The van der Waals surface area contributed by atoms with E-state index in [1.54, 1.807) is 12.1 Å². The van der Waals surface area contributed by atoms with E-state index in [0.29, 0.717) is 11.4 Å². The Bertz CT molecular complexity index is 496. The molecule has 0 aliphatic heterocycles. The van der Waals surface area contributed by atoms with Gasteiger partial charge in [0.15, 0.2) is 0 Å². The van der Waals surface area contributed by atoms with Crippen LogP contribution in [0.2, 0.25) is 0 Å². The van der Waals surface area contributed by atoms with Gasteiger partial charge >= 0.3 is 0 Å². The maximum absolute atomic E-state index is 12.1. The Labute approximate surface area is 121 Å². The maximum atomic E-state index is 12.1. The Morgan fingerprint density at radius 1 is 1.16 bits per heavy atom. The van der Waals surface area contributed by atoms with Crippen molar-refractivity contribution in [1.82, 2.24) is 0 Å². The third-order valence-electron chi connectivity index (χ3n) is 3.28. The van der Waals surface area contributed by atoms with Gasteiger partial charge < -0.3 is 10.6 Å². The summed E-state index contributed by atoms with van der Waals surface area (Å²) in [5.41, 5.74) is 1.27. The molecule has 1 aliphatic carbocycles. The van der Waals surface area contributed by atoms with E-state index in [1.807, 2.05) is 6.07 Å². The van der Waals surface area contributed by atoms with Crippen LogP contribution in [0.25, 0.3) is 0 Å². The fraction of sp³-hybridized carbons (Fsp3) is 0.429. The summed E-state index contributed by atoms with van der Waals surface area (Å²) in [5.74, 6) is -0.00921. The predicted molar refractivity (Wildman–Crippen MR) is 79.0 cm³/mol. The number of benzene rings is 1. The minimum Gasteiger partial charge on any atom is -0.325 e. The van der Waals surface area contributed by atoms with Crippen LogP contribution in [0.1, 0.15) is 32.6 Å². The zero-order valence-electron chi connectivity index (χ0n) is 10.8. The van der Waals surface area contributed by atoms with Gasteiger partial charge in [0.05, 0.1) is 11.4 Å². The number of hydrogen-bond acceptors (Lipinski definition) is 2. The van der Waals surface area contributed by atoms with Gasteiger partial charge in [0.25, 0.3) is 0 Å². The molecule has 0 aromatic heterocycles. The highest BCUT2D eigenvalue weighted by Gasteiger charge is 2.23. The number of carbonyl (C=O) groups is 2. The van der Waals surface area contributed by atoms with Crippen LogP contribution in [0.15, 0.2) is 22.7 Å². The first-order chi connectivity index (χ1) is 9.06. The number of carbonyl (C=O) groups excluding carboxylic acids is 2. The molecule has 1 saturated carbocycles. The van der Waals surface area contributed by atoms with Crippen molar-refractivity contribution in [3.8, 4) is 0 Å². The molecule has 2 N–H and O–H groups in total. The standard InChI is InChI=1S/C14H17BrN2O2/c1-9(18)16-12-7-6-11(15)8-13(12)17-14(19)10-4-2-3-5-10/h6-8,10H,2-5H2,1H3,(H,16,18)(H,17,19). The molecule has 0 bridgehead atoms.